The van der Waals surface area contributed by atoms with Gasteiger partial charge in [0.15, 0.2) is 0 Å². The molecule has 84 valence electrons. The highest BCUT2D eigenvalue weighted by Crippen LogP contribution is 2.15. The predicted molar refractivity (Wildman–Crippen MR) is 49.5 cm³/mol. The van der Waals surface area contributed by atoms with Crippen LogP contribution in [0.2, 0.25) is 0 Å². The van der Waals surface area contributed by atoms with Crippen molar-refractivity contribution in [3.8, 4) is 0 Å². The largest absolute Gasteiger partial charge is 0.468 e. The van der Waals surface area contributed by atoms with Crippen molar-refractivity contribution in [3.63, 3.8) is 0 Å². The third kappa shape index (κ3) is 2.36. The monoisotopic (exact) mass is 216 g/mol. The summed E-state index contributed by atoms with van der Waals surface area (Å²) in [4.78, 5) is 27.6. The lowest BCUT2D eigenvalue weighted by atomic mass is 10.1. The van der Waals surface area contributed by atoms with Gasteiger partial charge in [-0.15, -0.1) is 0 Å². The molecule has 7 heteroatoms. The lowest BCUT2D eigenvalue weighted by molar-refractivity contribution is -0.142. The van der Waals surface area contributed by atoms with Crippen molar-refractivity contribution in [3.05, 3.63) is 0 Å². The highest BCUT2D eigenvalue weighted by molar-refractivity contribution is 6.06. The lowest BCUT2D eigenvalue weighted by Crippen LogP contribution is -2.28. The molecule has 15 heavy (non-hydrogen) atoms. The van der Waals surface area contributed by atoms with E-state index in [1.807, 2.05) is 0 Å². The molecule has 0 aromatic carbocycles. The second kappa shape index (κ2) is 4.63. The van der Waals surface area contributed by atoms with Gasteiger partial charge < -0.3 is 19.6 Å². The van der Waals surface area contributed by atoms with Crippen molar-refractivity contribution in [1.82, 2.24) is 4.90 Å². The molecular formula is C8H12N2O5. The minimum Gasteiger partial charge on any atom is -0.468 e. The topological polar surface area (TPSA) is 88.4 Å². The number of carboxylic acid groups (broad SMARTS) is 1. The first-order valence-corrected chi connectivity index (χ1v) is 4.25. The molecule has 0 bridgehead atoms. The van der Waals surface area contributed by atoms with Crippen molar-refractivity contribution in [2.24, 2.45) is 11.1 Å². The third-order valence-electron chi connectivity index (χ3n) is 2.12. The Balaban J connectivity index is 2.81. The van der Waals surface area contributed by atoms with E-state index in [4.69, 9.17) is 5.11 Å². The highest BCUT2D eigenvalue weighted by Gasteiger charge is 2.38. The van der Waals surface area contributed by atoms with Gasteiger partial charge in [0, 0.05) is 6.54 Å². The quantitative estimate of drug-likeness (QED) is 0.509. The Morgan fingerprint density at radius 1 is 1.53 bits per heavy atom. The second-order valence-corrected chi connectivity index (χ2v) is 3.00. The number of hydrogen-bond acceptors (Lipinski definition) is 5. The normalized spacial score (nSPS) is 22.9. The number of carbonyl (C=O) groups excluding carboxylic acids is 1. The first-order valence-electron chi connectivity index (χ1n) is 4.25. The number of nitrogens with zero attached hydrogens (tertiary/aromatic N) is 2. The molecule has 1 unspecified atom stereocenters. The maximum atomic E-state index is 11.3. The van der Waals surface area contributed by atoms with E-state index in [1.54, 1.807) is 0 Å². The van der Waals surface area contributed by atoms with Crippen molar-refractivity contribution >= 4 is 17.8 Å². The van der Waals surface area contributed by atoms with Crippen molar-refractivity contribution in [2.45, 2.75) is 0 Å². The standard InChI is InChI=1S/C8H12N2O5/c1-14-7(11)5-3-10(8(12)13)4-6(5)9-15-2/h5H,3-4H2,1-2H3,(H,12,13)/b9-6-. The molecule has 1 atom stereocenters. The van der Waals surface area contributed by atoms with Gasteiger partial charge in [0.2, 0.25) is 0 Å². The number of oxime groups is 1. The molecule has 1 fully saturated rings. The number of amides is 1. The molecule has 0 radical (unpaired) electrons. The number of esters is 1. The first-order chi connectivity index (χ1) is 7.10. The number of likely N-dealkylation sites (tertiary alicyclic amines) is 1. The van der Waals surface area contributed by atoms with Gasteiger partial charge >= 0.3 is 12.1 Å². The Bertz CT molecular complexity index is 301. The average Bonchev–Trinajstić information content (AvgIpc) is 2.61. The number of ether oxygens (including phenoxy) is 1. The van der Waals surface area contributed by atoms with Crippen LogP contribution in [0.15, 0.2) is 5.16 Å². The summed E-state index contributed by atoms with van der Waals surface area (Å²) in [6.07, 6.45) is -1.09. The van der Waals surface area contributed by atoms with Gasteiger partial charge in [-0.25, -0.2) is 4.79 Å². The summed E-state index contributed by atoms with van der Waals surface area (Å²) in [6, 6.07) is 0. The van der Waals surface area contributed by atoms with Crippen LogP contribution in [0.1, 0.15) is 0 Å². The fourth-order valence-corrected chi connectivity index (χ4v) is 1.40. The number of carbonyl (C=O) groups is 2. The maximum Gasteiger partial charge on any atom is 0.407 e. The zero-order valence-corrected chi connectivity index (χ0v) is 8.47. The zero-order valence-electron chi connectivity index (χ0n) is 8.47. The molecular weight excluding hydrogens is 204 g/mol. The molecule has 0 saturated carbocycles. The highest BCUT2D eigenvalue weighted by atomic mass is 16.6. The number of rotatable bonds is 2. The fourth-order valence-electron chi connectivity index (χ4n) is 1.40. The van der Waals surface area contributed by atoms with Gasteiger partial charge in [0.05, 0.1) is 19.4 Å². The minimum atomic E-state index is -1.09. The van der Waals surface area contributed by atoms with E-state index in [0.29, 0.717) is 5.71 Å². The Morgan fingerprint density at radius 2 is 2.20 bits per heavy atom. The van der Waals surface area contributed by atoms with Gasteiger partial charge in [-0.05, 0) is 0 Å². The summed E-state index contributed by atoms with van der Waals surface area (Å²) in [5, 5.41) is 12.4. The zero-order chi connectivity index (χ0) is 11.4. The molecule has 1 rings (SSSR count). The smallest absolute Gasteiger partial charge is 0.407 e. The Hall–Kier alpha value is -1.79. The Labute approximate surface area is 86.2 Å². The first kappa shape index (κ1) is 11.3. The maximum absolute atomic E-state index is 11.3. The summed E-state index contributed by atoms with van der Waals surface area (Å²) in [5.41, 5.74) is 0.367. The molecule has 7 nitrogen and oxygen atoms in total. The molecule has 1 amide bonds. The molecule has 1 aliphatic heterocycles. The minimum absolute atomic E-state index is 0.0597. The Kier molecular flexibility index (Phi) is 3.48. The van der Waals surface area contributed by atoms with Gasteiger partial charge in [-0.2, -0.15) is 0 Å². The third-order valence-corrected chi connectivity index (χ3v) is 2.12. The van der Waals surface area contributed by atoms with Crippen LogP contribution in [0.3, 0.4) is 0 Å². The number of hydrogen-bond donors (Lipinski definition) is 1. The van der Waals surface area contributed by atoms with Crippen LogP contribution in [0, 0.1) is 5.92 Å². The fraction of sp³-hybridized carbons (Fsp3) is 0.625. The van der Waals surface area contributed by atoms with Crippen molar-refractivity contribution < 1.29 is 24.3 Å². The molecule has 0 aliphatic carbocycles. The van der Waals surface area contributed by atoms with E-state index in [9.17, 15) is 9.59 Å². The lowest BCUT2D eigenvalue weighted by Gasteiger charge is -2.09. The Morgan fingerprint density at radius 3 is 2.67 bits per heavy atom. The van der Waals surface area contributed by atoms with Crippen molar-refractivity contribution in [1.29, 1.82) is 0 Å². The molecule has 0 spiro atoms. The average molecular weight is 216 g/mol. The van der Waals surface area contributed by atoms with Crippen LogP contribution in [-0.4, -0.2) is 55.1 Å². The van der Waals surface area contributed by atoms with Crippen LogP contribution in [0.4, 0.5) is 4.79 Å². The second-order valence-electron chi connectivity index (χ2n) is 3.00. The van der Waals surface area contributed by atoms with E-state index in [2.05, 4.69) is 14.7 Å². The van der Waals surface area contributed by atoms with Crippen LogP contribution in [0.5, 0.6) is 0 Å². The molecule has 0 aromatic rings. The van der Waals surface area contributed by atoms with Gasteiger partial charge in [-0.1, -0.05) is 5.16 Å². The van der Waals surface area contributed by atoms with Gasteiger partial charge in [-0.3, -0.25) is 4.79 Å². The summed E-state index contributed by atoms with van der Waals surface area (Å²) in [5.74, 6) is -1.17. The summed E-state index contributed by atoms with van der Waals surface area (Å²) in [6.45, 7) is 0.132. The molecule has 1 saturated heterocycles. The molecule has 0 aromatic heterocycles. The van der Waals surface area contributed by atoms with Crippen LogP contribution < -0.4 is 0 Å². The summed E-state index contributed by atoms with van der Waals surface area (Å²) < 4.78 is 4.54. The number of methoxy groups -OCH3 is 1. The van der Waals surface area contributed by atoms with Gasteiger partial charge in [0.1, 0.15) is 13.0 Å². The van der Waals surface area contributed by atoms with Crippen molar-refractivity contribution in [2.75, 3.05) is 27.3 Å². The van der Waals surface area contributed by atoms with E-state index < -0.39 is 18.0 Å². The van der Waals surface area contributed by atoms with Crippen LogP contribution in [-0.2, 0) is 14.4 Å². The van der Waals surface area contributed by atoms with E-state index in [1.165, 1.54) is 14.2 Å². The van der Waals surface area contributed by atoms with Crippen LogP contribution in [0.25, 0.3) is 0 Å². The molecule has 1 aliphatic rings. The molecule has 1 N–H and O–H groups in total. The van der Waals surface area contributed by atoms with E-state index >= 15 is 0 Å². The summed E-state index contributed by atoms with van der Waals surface area (Å²) >= 11 is 0. The SMILES string of the molecule is CO/N=C1/CN(C(=O)O)CC1C(=O)OC. The predicted octanol–water partition coefficient (Wildman–Crippen LogP) is -0.228. The van der Waals surface area contributed by atoms with E-state index in [-0.39, 0.29) is 13.1 Å². The van der Waals surface area contributed by atoms with E-state index in [0.717, 1.165) is 4.90 Å². The summed E-state index contributed by atoms with van der Waals surface area (Å²) in [7, 11) is 2.58. The molecule has 1 heterocycles. The van der Waals surface area contributed by atoms with Crippen LogP contribution >= 0.6 is 0 Å². The van der Waals surface area contributed by atoms with Gasteiger partial charge in [0.25, 0.3) is 0 Å².